The number of benzene rings is 1. The fourth-order valence-electron chi connectivity index (χ4n) is 3.21. The molecule has 0 N–H and O–H groups in total. The fourth-order valence-corrected chi connectivity index (χ4v) is 3.21. The van der Waals surface area contributed by atoms with Crippen LogP contribution >= 0.6 is 0 Å². The van der Waals surface area contributed by atoms with E-state index in [1.165, 1.54) is 19.1 Å². The summed E-state index contributed by atoms with van der Waals surface area (Å²) in [4.78, 5) is 50.3. The Labute approximate surface area is 168 Å². The van der Waals surface area contributed by atoms with Crippen LogP contribution < -0.4 is 9.64 Å². The van der Waals surface area contributed by atoms with E-state index >= 15 is 0 Å². The average molecular weight is 407 g/mol. The number of carbonyl (C=O) groups excluding carboxylic acids is 3. The summed E-state index contributed by atoms with van der Waals surface area (Å²) in [5, 5.41) is 11.0. The van der Waals surface area contributed by atoms with Crippen molar-refractivity contribution in [3.05, 3.63) is 28.3 Å². The molecule has 2 rings (SSSR count). The Bertz CT molecular complexity index is 814. The van der Waals surface area contributed by atoms with E-state index < -0.39 is 29.4 Å². The number of ether oxygens (including phenoxy) is 2. The highest BCUT2D eigenvalue weighted by Crippen LogP contribution is 2.35. The quantitative estimate of drug-likeness (QED) is 0.385. The topological polar surface area (TPSA) is 119 Å². The van der Waals surface area contributed by atoms with Crippen molar-refractivity contribution >= 4 is 29.2 Å². The summed E-state index contributed by atoms with van der Waals surface area (Å²) >= 11 is 0. The maximum absolute atomic E-state index is 12.6. The number of hydrogen-bond donors (Lipinski definition) is 0. The molecular formula is C19H25N3O7. The lowest BCUT2D eigenvalue weighted by Crippen LogP contribution is -2.48. The van der Waals surface area contributed by atoms with Gasteiger partial charge >= 0.3 is 5.97 Å². The summed E-state index contributed by atoms with van der Waals surface area (Å²) in [6.45, 7) is 8.13. The second-order valence-corrected chi connectivity index (χ2v) is 7.24. The molecule has 29 heavy (non-hydrogen) atoms. The zero-order valence-corrected chi connectivity index (χ0v) is 17.1. The van der Waals surface area contributed by atoms with E-state index in [-0.39, 0.29) is 41.7 Å². The van der Waals surface area contributed by atoms with Gasteiger partial charge in [-0.05, 0) is 40.7 Å². The van der Waals surface area contributed by atoms with Crippen LogP contribution in [-0.2, 0) is 19.1 Å². The molecule has 1 aliphatic heterocycles. The van der Waals surface area contributed by atoms with Crippen molar-refractivity contribution in [2.75, 3.05) is 18.1 Å². The summed E-state index contributed by atoms with van der Waals surface area (Å²) in [5.41, 5.74) is -0.133. The first kappa shape index (κ1) is 22.1. The standard InChI is InChI=1S/C19H25N3O7/c1-11(2)21(12(3)4)19(25)13(5)29-18(24)9-20-15-8-14(22(26)27)6-7-16(15)28-10-17(20)23/h6-8,11-13H,9-10H2,1-5H3/t13-/m1/s1. The molecule has 1 aromatic carbocycles. The van der Waals surface area contributed by atoms with Crippen LogP contribution in [-0.4, -0.2) is 58.9 Å². The van der Waals surface area contributed by atoms with Gasteiger partial charge in [0.1, 0.15) is 12.3 Å². The van der Waals surface area contributed by atoms with Crippen LogP contribution in [0.1, 0.15) is 34.6 Å². The summed E-state index contributed by atoms with van der Waals surface area (Å²) in [5.74, 6) is -1.43. The maximum Gasteiger partial charge on any atom is 0.326 e. The molecule has 0 spiro atoms. The molecule has 0 unspecified atom stereocenters. The normalized spacial score (nSPS) is 14.3. The summed E-state index contributed by atoms with van der Waals surface area (Å²) in [6, 6.07) is 3.63. The van der Waals surface area contributed by atoms with Crippen LogP contribution in [0, 0.1) is 10.1 Å². The number of esters is 1. The monoisotopic (exact) mass is 407 g/mol. The number of carbonyl (C=O) groups is 3. The van der Waals surface area contributed by atoms with E-state index in [4.69, 9.17) is 9.47 Å². The van der Waals surface area contributed by atoms with E-state index in [2.05, 4.69) is 0 Å². The first-order valence-electron chi connectivity index (χ1n) is 9.26. The molecule has 10 heteroatoms. The molecule has 0 aliphatic carbocycles. The Morgan fingerprint density at radius 1 is 1.24 bits per heavy atom. The molecule has 0 saturated heterocycles. The zero-order valence-electron chi connectivity index (χ0n) is 17.1. The van der Waals surface area contributed by atoms with E-state index in [1.54, 1.807) is 4.90 Å². The summed E-state index contributed by atoms with van der Waals surface area (Å²) in [6.07, 6.45) is -1.03. The van der Waals surface area contributed by atoms with Crippen molar-refractivity contribution in [2.24, 2.45) is 0 Å². The highest BCUT2D eigenvalue weighted by molar-refractivity contribution is 6.02. The minimum atomic E-state index is -1.03. The van der Waals surface area contributed by atoms with Crippen molar-refractivity contribution in [2.45, 2.75) is 52.8 Å². The molecule has 1 aliphatic rings. The van der Waals surface area contributed by atoms with Crippen LogP contribution in [0.4, 0.5) is 11.4 Å². The van der Waals surface area contributed by atoms with Crippen molar-refractivity contribution in [1.82, 2.24) is 4.90 Å². The number of nitro benzene ring substituents is 1. The number of nitro groups is 1. The van der Waals surface area contributed by atoms with Gasteiger partial charge in [-0.2, -0.15) is 0 Å². The number of rotatable bonds is 7. The first-order chi connectivity index (χ1) is 13.5. The highest BCUT2D eigenvalue weighted by Gasteiger charge is 2.32. The number of nitrogens with zero attached hydrogens (tertiary/aromatic N) is 3. The van der Waals surface area contributed by atoms with Gasteiger partial charge in [0.05, 0.1) is 10.6 Å². The number of fused-ring (bicyclic) bond motifs is 1. The Morgan fingerprint density at radius 2 is 1.86 bits per heavy atom. The van der Waals surface area contributed by atoms with Crippen molar-refractivity contribution in [1.29, 1.82) is 0 Å². The highest BCUT2D eigenvalue weighted by atomic mass is 16.6. The Hall–Kier alpha value is -3.17. The lowest BCUT2D eigenvalue weighted by molar-refractivity contribution is -0.384. The third-order valence-electron chi connectivity index (χ3n) is 4.41. The zero-order chi connectivity index (χ0) is 21.9. The van der Waals surface area contributed by atoms with Crippen molar-refractivity contribution < 1.29 is 28.8 Å². The molecule has 1 atom stereocenters. The van der Waals surface area contributed by atoms with Gasteiger partial charge in [-0.25, -0.2) is 0 Å². The molecule has 2 amide bonds. The van der Waals surface area contributed by atoms with Crippen molar-refractivity contribution in [3.63, 3.8) is 0 Å². The van der Waals surface area contributed by atoms with Gasteiger partial charge in [-0.15, -0.1) is 0 Å². The molecule has 0 aromatic heterocycles. The van der Waals surface area contributed by atoms with Gasteiger partial charge in [0.25, 0.3) is 17.5 Å². The largest absolute Gasteiger partial charge is 0.482 e. The molecule has 1 heterocycles. The Balaban J connectivity index is 2.14. The minimum Gasteiger partial charge on any atom is -0.482 e. The molecule has 0 fully saturated rings. The predicted octanol–water partition coefficient (Wildman–Crippen LogP) is 1.90. The first-order valence-corrected chi connectivity index (χ1v) is 9.26. The number of amides is 2. The fraction of sp³-hybridized carbons (Fsp3) is 0.526. The number of hydrogen-bond acceptors (Lipinski definition) is 7. The summed E-state index contributed by atoms with van der Waals surface area (Å²) in [7, 11) is 0. The second-order valence-electron chi connectivity index (χ2n) is 7.24. The van der Waals surface area contributed by atoms with Crippen LogP contribution in [0.15, 0.2) is 18.2 Å². The van der Waals surface area contributed by atoms with Crippen LogP contribution in [0.25, 0.3) is 0 Å². The van der Waals surface area contributed by atoms with E-state index in [0.717, 1.165) is 11.0 Å². The predicted molar refractivity (Wildman–Crippen MR) is 104 cm³/mol. The van der Waals surface area contributed by atoms with E-state index in [9.17, 15) is 24.5 Å². The van der Waals surface area contributed by atoms with Gasteiger partial charge in [-0.3, -0.25) is 29.4 Å². The smallest absolute Gasteiger partial charge is 0.326 e. The number of anilines is 1. The molecule has 10 nitrogen and oxygen atoms in total. The van der Waals surface area contributed by atoms with Crippen LogP contribution in [0.5, 0.6) is 5.75 Å². The molecular weight excluding hydrogens is 382 g/mol. The van der Waals surface area contributed by atoms with Gasteiger partial charge in [-0.1, -0.05) is 0 Å². The lowest BCUT2D eigenvalue weighted by atomic mass is 10.2. The van der Waals surface area contributed by atoms with Gasteiger partial charge < -0.3 is 14.4 Å². The second kappa shape index (κ2) is 8.89. The molecule has 0 bridgehead atoms. The molecule has 0 saturated carbocycles. The Kier molecular flexibility index (Phi) is 6.78. The number of non-ortho nitro benzene ring substituents is 1. The average Bonchev–Trinajstić information content (AvgIpc) is 2.62. The lowest BCUT2D eigenvalue weighted by Gasteiger charge is -2.33. The summed E-state index contributed by atoms with van der Waals surface area (Å²) < 4.78 is 10.5. The van der Waals surface area contributed by atoms with Crippen LogP contribution in [0.2, 0.25) is 0 Å². The third kappa shape index (κ3) is 5.01. The van der Waals surface area contributed by atoms with E-state index in [0.29, 0.717) is 0 Å². The van der Waals surface area contributed by atoms with E-state index in [1.807, 2.05) is 27.7 Å². The van der Waals surface area contributed by atoms with Gasteiger partial charge in [0, 0.05) is 24.2 Å². The van der Waals surface area contributed by atoms with Gasteiger partial charge in [0.15, 0.2) is 12.7 Å². The SMILES string of the molecule is CC(C)N(C(=O)[C@@H](C)OC(=O)CN1C(=O)COc2ccc([N+](=O)[O-])cc21)C(C)C. The van der Waals surface area contributed by atoms with Gasteiger partial charge in [0.2, 0.25) is 0 Å². The van der Waals surface area contributed by atoms with Crippen molar-refractivity contribution in [3.8, 4) is 5.75 Å². The third-order valence-corrected chi connectivity index (χ3v) is 4.41. The Morgan fingerprint density at radius 3 is 2.41 bits per heavy atom. The van der Waals surface area contributed by atoms with Crippen LogP contribution in [0.3, 0.4) is 0 Å². The molecule has 0 radical (unpaired) electrons. The maximum atomic E-state index is 12.6. The minimum absolute atomic E-state index is 0.0723. The molecule has 158 valence electrons. The molecule has 1 aromatic rings.